The summed E-state index contributed by atoms with van der Waals surface area (Å²) < 4.78 is 0. The van der Waals surface area contributed by atoms with E-state index >= 15 is 0 Å². The average molecular weight is 262 g/mol. The largest absolute Gasteiger partial charge is 0.481 e. The molecule has 1 amide bonds. The quantitative estimate of drug-likeness (QED) is 0.812. The molecule has 0 spiro atoms. The molecular formula is C14H18N2O3. The molecule has 102 valence electrons. The van der Waals surface area contributed by atoms with Gasteiger partial charge in [0, 0.05) is 25.4 Å². The van der Waals surface area contributed by atoms with Crippen LogP contribution in [0.15, 0.2) is 24.5 Å². The number of carbonyl (C=O) groups excluding carboxylic acids is 1. The van der Waals surface area contributed by atoms with Crippen LogP contribution in [-0.2, 0) is 16.0 Å². The van der Waals surface area contributed by atoms with Crippen LogP contribution in [0.3, 0.4) is 0 Å². The Labute approximate surface area is 112 Å². The molecule has 5 heteroatoms. The molecule has 2 N–H and O–H groups in total. The van der Waals surface area contributed by atoms with E-state index in [2.05, 4.69) is 10.3 Å². The zero-order valence-electron chi connectivity index (χ0n) is 10.8. The first-order valence-corrected chi connectivity index (χ1v) is 6.51. The van der Waals surface area contributed by atoms with Crippen molar-refractivity contribution in [2.45, 2.75) is 32.1 Å². The Morgan fingerprint density at radius 2 is 2.00 bits per heavy atom. The van der Waals surface area contributed by atoms with Crippen molar-refractivity contribution in [3.63, 3.8) is 0 Å². The third-order valence-corrected chi connectivity index (χ3v) is 3.78. The molecule has 0 bridgehead atoms. The predicted octanol–water partition coefficient (Wildman–Crippen LogP) is 1.39. The number of hydrogen-bond acceptors (Lipinski definition) is 3. The molecule has 1 aromatic heterocycles. The van der Waals surface area contributed by atoms with Gasteiger partial charge in [-0.25, -0.2) is 0 Å². The summed E-state index contributed by atoms with van der Waals surface area (Å²) in [5.74, 6) is -0.891. The molecule has 2 rings (SSSR count). The highest BCUT2D eigenvalue weighted by Crippen LogP contribution is 2.40. The Morgan fingerprint density at radius 1 is 1.32 bits per heavy atom. The Balaban J connectivity index is 1.74. The van der Waals surface area contributed by atoms with E-state index in [-0.39, 0.29) is 12.5 Å². The van der Waals surface area contributed by atoms with Crippen LogP contribution in [0.5, 0.6) is 0 Å². The first-order valence-electron chi connectivity index (χ1n) is 6.51. The molecule has 1 fully saturated rings. The maximum atomic E-state index is 11.7. The molecule has 19 heavy (non-hydrogen) atoms. The number of carbonyl (C=O) groups is 2. The Hall–Kier alpha value is -1.91. The highest BCUT2D eigenvalue weighted by molar-refractivity contribution is 5.79. The molecule has 0 unspecified atom stereocenters. The molecule has 1 saturated carbocycles. The fourth-order valence-corrected chi connectivity index (χ4v) is 2.23. The van der Waals surface area contributed by atoms with Crippen LogP contribution in [0.4, 0.5) is 0 Å². The zero-order valence-corrected chi connectivity index (χ0v) is 10.8. The zero-order chi connectivity index (χ0) is 13.7. The maximum absolute atomic E-state index is 11.7. The third-order valence-electron chi connectivity index (χ3n) is 3.78. The van der Waals surface area contributed by atoms with E-state index in [0.717, 1.165) is 12.0 Å². The summed E-state index contributed by atoms with van der Waals surface area (Å²) in [4.78, 5) is 26.8. The van der Waals surface area contributed by atoms with Gasteiger partial charge in [0.15, 0.2) is 0 Å². The van der Waals surface area contributed by atoms with E-state index < -0.39 is 11.4 Å². The fourth-order valence-electron chi connectivity index (χ4n) is 2.23. The summed E-state index contributed by atoms with van der Waals surface area (Å²) in [5, 5.41) is 11.9. The summed E-state index contributed by atoms with van der Waals surface area (Å²) >= 11 is 0. The highest BCUT2D eigenvalue weighted by Gasteiger charge is 2.44. The topological polar surface area (TPSA) is 79.3 Å². The van der Waals surface area contributed by atoms with Gasteiger partial charge < -0.3 is 10.4 Å². The van der Waals surface area contributed by atoms with Gasteiger partial charge in [-0.3, -0.25) is 14.6 Å². The Morgan fingerprint density at radius 3 is 2.53 bits per heavy atom. The fraction of sp³-hybridized carbons (Fsp3) is 0.500. The van der Waals surface area contributed by atoms with Crippen LogP contribution in [0.25, 0.3) is 0 Å². The summed E-state index contributed by atoms with van der Waals surface area (Å²) in [5.41, 5.74) is 0.341. The second-order valence-electron chi connectivity index (χ2n) is 5.07. The first-order chi connectivity index (χ1) is 9.12. The van der Waals surface area contributed by atoms with Gasteiger partial charge in [0.2, 0.25) is 5.91 Å². The van der Waals surface area contributed by atoms with Crippen molar-refractivity contribution < 1.29 is 14.7 Å². The lowest BCUT2D eigenvalue weighted by atomic mass is 9.69. The molecule has 0 saturated heterocycles. The highest BCUT2D eigenvalue weighted by atomic mass is 16.4. The normalized spacial score (nSPS) is 16.4. The number of amides is 1. The minimum absolute atomic E-state index is 0.0932. The lowest BCUT2D eigenvalue weighted by molar-refractivity contribution is -0.154. The molecule has 1 aromatic rings. The van der Waals surface area contributed by atoms with Crippen LogP contribution < -0.4 is 5.32 Å². The number of carboxylic acid groups (broad SMARTS) is 1. The van der Waals surface area contributed by atoms with Gasteiger partial charge in [-0.1, -0.05) is 6.42 Å². The number of pyridine rings is 1. The average Bonchev–Trinajstić information content (AvgIpc) is 2.36. The molecule has 1 aliphatic rings. The number of rotatable bonds is 6. The van der Waals surface area contributed by atoms with Crippen molar-refractivity contribution >= 4 is 11.9 Å². The van der Waals surface area contributed by atoms with Crippen LogP contribution in [0.1, 0.15) is 31.2 Å². The van der Waals surface area contributed by atoms with E-state index in [0.29, 0.717) is 25.7 Å². The minimum atomic E-state index is -0.798. The summed E-state index contributed by atoms with van der Waals surface area (Å²) in [6.45, 7) is 0.248. The van der Waals surface area contributed by atoms with Crippen molar-refractivity contribution in [1.29, 1.82) is 0 Å². The standard InChI is InChI=1S/C14H18N2O3/c17-12(3-2-11-4-8-15-9-5-11)16-10-14(13(18)19)6-1-7-14/h4-5,8-9H,1-3,6-7,10H2,(H,16,17)(H,18,19). The number of nitrogens with one attached hydrogen (secondary N) is 1. The second kappa shape index (κ2) is 5.82. The van der Waals surface area contributed by atoms with Gasteiger partial charge in [0.25, 0.3) is 0 Å². The molecule has 1 heterocycles. The second-order valence-corrected chi connectivity index (χ2v) is 5.07. The smallest absolute Gasteiger partial charge is 0.311 e. The van der Waals surface area contributed by atoms with Crippen molar-refractivity contribution in [3.8, 4) is 0 Å². The number of nitrogens with zero attached hydrogens (tertiary/aromatic N) is 1. The monoisotopic (exact) mass is 262 g/mol. The first kappa shape index (κ1) is 13.5. The van der Waals surface area contributed by atoms with Crippen LogP contribution in [0.2, 0.25) is 0 Å². The van der Waals surface area contributed by atoms with Gasteiger partial charge in [0.05, 0.1) is 5.41 Å². The van der Waals surface area contributed by atoms with Crippen molar-refractivity contribution in [3.05, 3.63) is 30.1 Å². The van der Waals surface area contributed by atoms with E-state index in [1.807, 2.05) is 12.1 Å². The number of hydrogen-bond donors (Lipinski definition) is 2. The molecule has 5 nitrogen and oxygen atoms in total. The minimum Gasteiger partial charge on any atom is -0.481 e. The van der Waals surface area contributed by atoms with Crippen molar-refractivity contribution in [1.82, 2.24) is 10.3 Å². The molecule has 1 aliphatic carbocycles. The maximum Gasteiger partial charge on any atom is 0.311 e. The van der Waals surface area contributed by atoms with Gasteiger partial charge in [0.1, 0.15) is 0 Å². The Bertz CT molecular complexity index is 455. The molecule has 0 aliphatic heterocycles. The SMILES string of the molecule is O=C(CCc1ccncc1)NCC1(C(=O)O)CCC1. The van der Waals surface area contributed by atoms with Gasteiger partial charge >= 0.3 is 5.97 Å². The van der Waals surface area contributed by atoms with Gasteiger partial charge in [-0.05, 0) is 37.0 Å². The van der Waals surface area contributed by atoms with Gasteiger partial charge in [-0.15, -0.1) is 0 Å². The van der Waals surface area contributed by atoms with E-state index in [4.69, 9.17) is 5.11 Å². The molecular weight excluding hydrogens is 244 g/mol. The lowest BCUT2D eigenvalue weighted by Crippen LogP contribution is -2.47. The van der Waals surface area contributed by atoms with E-state index in [1.54, 1.807) is 12.4 Å². The number of carboxylic acids is 1. The predicted molar refractivity (Wildman–Crippen MR) is 69.5 cm³/mol. The molecule has 0 radical (unpaired) electrons. The third kappa shape index (κ3) is 3.30. The number of aryl methyl sites for hydroxylation is 1. The van der Waals surface area contributed by atoms with E-state index in [1.165, 1.54) is 0 Å². The number of aliphatic carboxylic acids is 1. The van der Waals surface area contributed by atoms with Crippen molar-refractivity contribution in [2.24, 2.45) is 5.41 Å². The number of aromatic nitrogens is 1. The van der Waals surface area contributed by atoms with E-state index in [9.17, 15) is 9.59 Å². The van der Waals surface area contributed by atoms with Crippen LogP contribution >= 0.6 is 0 Å². The summed E-state index contributed by atoms with van der Waals surface area (Å²) in [7, 11) is 0. The van der Waals surface area contributed by atoms with Crippen LogP contribution in [-0.4, -0.2) is 28.5 Å². The van der Waals surface area contributed by atoms with Gasteiger partial charge in [-0.2, -0.15) is 0 Å². The molecule has 0 aromatic carbocycles. The Kier molecular flexibility index (Phi) is 4.14. The van der Waals surface area contributed by atoms with Crippen LogP contribution in [0, 0.1) is 5.41 Å². The summed E-state index contributed by atoms with van der Waals surface area (Å²) in [6, 6.07) is 3.75. The lowest BCUT2D eigenvalue weighted by Gasteiger charge is -2.37. The van der Waals surface area contributed by atoms with Crippen molar-refractivity contribution in [2.75, 3.05) is 6.54 Å². The summed E-state index contributed by atoms with van der Waals surface area (Å²) in [6.07, 6.45) is 6.66. The molecule has 0 atom stereocenters.